The number of β-lactam (4-membered cyclic amide) rings is 1. The predicted octanol–water partition coefficient (Wildman–Crippen LogP) is 4.93. The number of fused-ring (bicyclic) bond motifs is 1. The van der Waals surface area contributed by atoms with Gasteiger partial charge in [0, 0.05) is 47.0 Å². The van der Waals surface area contributed by atoms with E-state index in [1.54, 1.807) is 13.0 Å². The van der Waals surface area contributed by atoms with E-state index in [1.165, 1.54) is 53.4 Å². The Labute approximate surface area is 265 Å². The van der Waals surface area contributed by atoms with E-state index < -0.39 is 45.9 Å². The summed E-state index contributed by atoms with van der Waals surface area (Å²) in [5.41, 5.74) is 2.30. The van der Waals surface area contributed by atoms with Crippen LogP contribution in [0.1, 0.15) is 35.9 Å². The number of ether oxygens (including phenoxy) is 3. The number of nitrogens with zero attached hydrogens (tertiary/aromatic N) is 5. The van der Waals surface area contributed by atoms with Gasteiger partial charge in [0.25, 0.3) is 11.4 Å². The number of carbonyl (C=O) groups is 3. The number of thioether (sulfide) groups is 1. The Morgan fingerprint density at radius 3 is 1.98 bits per heavy atom. The Morgan fingerprint density at radius 1 is 0.935 bits per heavy atom. The van der Waals surface area contributed by atoms with Crippen molar-refractivity contribution in [2.24, 2.45) is 5.92 Å². The highest BCUT2D eigenvalue weighted by molar-refractivity contribution is 8.03. The quantitative estimate of drug-likeness (QED) is 0.0893. The van der Waals surface area contributed by atoms with Gasteiger partial charge in [-0.3, -0.25) is 25.0 Å². The number of hydrogen-bond acceptors (Lipinski definition) is 13. The molecule has 0 aliphatic carbocycles. The maximum atomic E-state index is 13.4. The molecule has 3 heterocycles. The molecule has 1 unspecified atom stereocenters. The molecule has 2 aromatic carbocycles. The van der Waals surface area contributed by atoms with Gasteiger partial charge in [-0.15, -0.1) is 0 Å². The van der Waals surface area contributed by atoms with Crippen molar-refractivity contribution in [3.8, 4) is 0 Å². The molecule has 238 valence electrons. The zero-order chi connectivity index (χ0) is 33.1. The number of benzene rings is 2. The van der Waals surface area contributed by atoms with Gasteiger partial charge < -0.3 is 19.1 Å². The fraction of sp³-hybridized carbons (Fsp3) is 0.300. The average molecular weight is 650 g/mol. The molecule has 1 fully saturated rings. The molecule has 2 aliphatic rings. The molecule has 0 radical (unpaired) electrons. The Hall–Kier alpha value is -5.38. The highest BCUT2D eigenvalue weighted by atomic mass is 32.2. The van der Waals surface area contributed by atoms with E-state index in [0.29, 0.717) is 21.2 Å². The van der Waals surface area contributed by atoms with Crippen LogP contribution in [0.15, 0.2) is 70.4 Å². The summed E-state index contributed by atoms with van der Waals surface area (Å²) in [5.74, 6) is -1.99. The Kier molecular flexibility index (Phi) is 9.27. The van der Waals surface area contributed by atoms with Gasteiger partial charge in [0.05, 0.1) is 21.8 Å². The third kappa shape index (κ3) is 6.96. The maximum Gasteiger partial charge on any atom is 0.508 e. The lowest BCUT2D eigenvalue weighted by Gasteiger charge is -2.45. The van der Waals surface area contributed by atoms with Crippen LogP contribution >= 0.6 is 11.8 Å². The summed E-state index contributed by atoms with van der Waals surface area (Å²) in [6, 6.07) is 12.3. The minimum atomic E-state index is -1.02. The van der Waals surface area contributed by atoms with Crippen LogP contribution < -0.4 is 0 Å². The van der Waals surface area contributed by atoms with Crippen molar-refractivity contribution in [2.45, 2.75) is 57.7 Å². The zero-order valence-electron chi connectivity index (χ0n) is 24.8. The first-order valence-corrected chi connectivity index (χ1v) is 14.8. The zero-order valence-corrected chi connectivity index (χ0v) is 25.6. The molecule has 1 aromatic heterocycles. The molecule has 16 heteroatoms. The van der Waals surface area contributed by atoms with E-state index in [0.717, 1.165) is 23.1 Å². The van der Waals surface area contributed by atoms with Crippen molar-refractivity contribution in [3.05, 3.63) is 108 Å². The van der Waals surface area contributed by atoms with Gasteiger partial charge >= 0.3 is 12.1 Å². The predicted molar refractivity (Wildman–Crippen MR) is 160 cm³/mol. The number of aromatic nitrogens is 2. The number of hydrogen-bond donors (Lipinski definition) is 0. The average Bonchev–Trinajstić information content (AvgIpc) is 3.32. The maximum absolute atomic E-state index is 13.4. The normalized spacial score (nSPS) is 17.5. The van der Waals surface area contributed by atoms with Gasteiger partial charge in [-0.1, -0.05) is 11.8 Å². The molecular formula is C30H27N5O10S. The van der Waals surface area contributed by atoms with Gasteiger partial charge in [0.15, 0.2) is 5.16 Å². The van der Waals surface area contributed by atoms with Gasteiger partial charge in [0.2, 0.25) is 5.91 Å². The number of aryl methyl sites for hydroxylation is 2. The highest BCUT2D eigenvalue weighted by Gasteiger charge is 2.58. The molecule has 1 amide bonds. The number of carbonyl (C=O) groups excluding carboxylic acids is 3. The second-order valence-corrected chi connectivity index (χ2v) is 11.7. The first kappa shape index (κ1) is 32.0. The van der Waals surface area contributed by atoms with Gasteiger partial charge in [0.1, 0.15) is 25.0 Å². The first-order valence-electron chi connectivity index (χ1n) is 13.9. The van der Waals surface area contributed by atoms with Crippen LogP contribution in [-0.2, 0) is 37.0 Å². The Morgan fingerprint density at radius 2 is 1.46 bits per heavy atom. The van der Waals surface area contributed by atoms with Crippen molar-refractivity contribution in [3.63, 3.8) is 0 Å². The number of rotatable bonds is 11. The van der Waals surface area contributed by atoms with Crippen molar-refractivity contribution >= 4 is 41.2 Å². The van der Waals surface area contributed by atoms with Crippen molar-refractivity contribution < 1.29 is 38.4 Å². The van der Waals surface area contributed by atoms with Crippen LogP contribution in [0.3, 0.4) is 0 Å². The molecule has 0 saturated carbocycles. The summed E-state index contributed by atoms with van der Waals surface area (Å²) in [4.78, 5) is 70.7. The summed E-state index contributed by atoms with van der Waals surface area (Å²) in [5, 5.41) is 22.2. The Balaban J connectivity index is 1.27. The van der Waals surface area contributed by atoms with E-state index in [-0.39, 0.29) is 36.7 Å². The lowest BCUT2D eigenvalue weighted by molar-refractivity contribution is -0.385. The van der Waals surface area contributed by atoms with Gasteiger partial charge in [-0.05, 0) is 62.2 Å². The van der Waals surface area contributed by atoms with Crippen LogP contribution in [0.2, 0.25) is 0 Å². The molecule has 0 spiro atoms. The molecule has 0 bridgehead atoms. The topological polar surface area (TPSA) is 194 Å². The fourth-order valence-electron chi connectivity index (χ4n) is 5.19. The van der Waals surface area contributed by atoms with E-state index in [1.807, 2.05) is 13.8 Å². The highest BCUT2D eigenvalue weighted by Crippen LogP contribution is 2.49. The monoisotopic (exact) mass is 649 g/mol. The lowest BCUT2D eigenvalue weighted by atomic mass is 9.83. The van der Waals surface area contributed by atoms with Crippen LogP contribution in [0, 0.1) is 40.0 Å². The molecule has 0 N–H and O–H groups in total. The molecule has 3 atom stereocenters. The van der Waals surface area contributed by atoms with Crippen molar-refractivity contribution in [1.82, 2.24) is 14.9 Å². The summed E-state index contributed by atoms with van der Waals surface area (Å²) in [6.45, 7) is 4.80. The summed E-state index contributed by atoms with van der Waals surface area (Å²) in [6.07, 6.45) is -1.67. The minimum absolute atomic E-state index is 0.0360. The van der Waals surface area contributed by atoms with Crippen molar-refractivity contribution in [1.29, 1.82) is 0 Å². The number of nitro groups is 2. The van der Waals surface area contributed by atoms with Crippen molar-refractivity contribution in [2.75, 3.05) is 0 Å². The molecule has 5 rings (SSSR count). The molecule has 3 aromatic rings. The number of non-ortho nitro benzene ring substituents is 2. The van der Waals surface area contributed by atoms with E-state index in [9.17, 15) is 34.6 Å². The molecular weight excluding hydrogens is 622 g/mol. The van der Waals surface area contributed by atoms with Gasteiger partial charge in [-0.25, -0.2) is 19.6 Å². The van der Waals surface area contributed by atoms with E-state index >= 15 is 0 Å². The van der Waals surface area contributed by atoms with E-state index in [4.69, 9.17) is 14.2 Å². The largest absolute Gasteiger partial charge is 0.508 e. The number of nitro benzene ring substituents is 2. The fourth-order valence-corrected chi connectivity index (χ4v) is 6.33. The second-order valence-electron chi connectivity index (χ2n) is 10.6. The van der Waals surface area contributed by atoms with Crippen LogP contribution in [0.25, 0.3) is 0 Å². The van der Waals surface area contributed by atoms with Crippen LogP contribution in [0.4, 0.5) is 16.2 Å². The number of amides is 1. The molecule has 46 heavy (non-hydrogen) atoms. The summed E-state index contributed by atoms with van der Waals surface area (Å²) < 4.78 is 16.1. The third-order valence-electron chi connectivity index (χ3n) is 7.35. The summed E-state index contributed by atoms with van der Waals surface area (Å²) in [7, 11) is 0. The summed E-state index contributed by atoms with van der Waals surface area (Å²) >= 11 is 1.14. The first-order chi connectivity index (χ1) is 21.9. The Bertz CT molecular complexity index is 1730. The second kappa shape index (κ2) is 13.3. The molecule has 1 saturated heterocycles. The lowest BCUT2D eigenvalue weighted by Crippen LogP contribution is -2.62. The van der Waals surface area contributed by atoms with Gasteiger partial charge in [-0.2, -0.15) is 0 Å². The van der Waals surface area contributed by atoms with Crippen LogP contribution in [-0.4, -0.2) is 54.9 Å². The third-order valence-corrected chi connectivity index (χ3v) is 8.32. The van der Waals surface area contributed by atoms with Crippen LogP contribution in [0.5, 0.6) is 0 Å². The molecule has 15 nitrogen and oxygen atoms in total. The minimum Gasteiger partial charge on any atom is -0.456 e. The standard InChI is InChI=1S/C30H27N5O10S/c1-16-12-17(2)32-29(31-16)46-24-13-23-25(18(3)45-30(38)44-15-20-6-10-22(11-7-20)35(41)42)27(36)33(23)26(24)28(37)43-14-19-4-8-21(9-5-19)34(39)40/h4-12,18,23,25H,13-15H2,1-3H3/t18-,23+,25?/m1/s1. The molecule has 2 aliphatic heterocycles. The smallest absolute Gasteiger partial charge is 0.456 e. The van der Waals surface area contributed by atoms with E-state index in [2.05, 4.69) is 9.97 Å². The SMILES string of the molecule is Cc1cc(C)nc(SC2=C(C(=O)OCc3ccc([N+](=O)[O-])cc3)N3C(=O)C([C@@H](C)OC(=O)OCc4ccc([N+](=O)[O-])cc4)[C@@H]3C2)n1. The number of esters is 1.